The van der Waals surface area contributed by atoms with Crippen LogP contribution in [0, 0.1) is 16.7 Å². The van der Waals surface area contributed by atoms with Gasteiger partial charge in [-0.3, -0.25) is 0 Å². The monoisotopic (exact) mass is 339 g/mol. The van der Waals surface area contributed by atoms with Crippen LogP contribution in [-0.2, 0) is 4.74 Å². The Bertz CT molecular complexity index is 466. The van der Waals surface area contributed by atoms with Crippen LogP contribution in [0.15, 0.2) is 0 Å². The Morgan fingerprint density at radius 3 is 2.26 bits per heavy atom. The van der Waals surface area contributed by atoms with E-state index in [-0.39, 0.29) is 6.09 Å². The Kier molecular flexibility index (Phi) is 4.23. The minimum atomic E-state index is -0.416. The number of carbonyl (C=O) groups is 1. The molecule has 4 aliphatic rings. The van der Waals surface area contributed by atoms with E-state index in [1.165, 1.54) is 38.5 Å². The molecule has 4 bridgehead atoms. The van der Waals surface area contributed by atoms with E-state index < -0.39 is 5.60 Å². The van der Waals surface area contributed by atoms with Gasteiger partial charge < -0.3 is 10.1 Å². The van der Waals surface area contributed by atoms with E-state index in [0.29, 0.717) is 22.1 Å². The van der Waals surface area contributed by atoms with Crippen molar-refractivity contribution in [3.63, 3.8) is 0 Å². The van der Waals surface area contributed by atoms with Gasteiger partial charge in [0.05, 0.1) is 0 Å². The van der Waals surface area contributed by atoms with Crippen molar-refractivity contribution < 1.29 is 9.53 Å². The lowest BCUT2D eigenvalue weighted by atomic mass is 9.45. The summed E-state index contributed by atoms with van der Waals surface area (Å²) in [5.41, 5.74) is 0.722. The number of ether oxygens (including phenoxy) is 1. The lowest BCUT2D eigenvalue weighted by molar-refractivity contribution is -0.0777. The first kappa shape index (κ1) is 17.4. The molecule has 0 aliphatic heterocycles. The van der Waals surface area contributed by atoms with Gasteiger partial charge in [0, 0.05) is 17.0 Å². The number of thioether (sulfide) groups is 1. The van der Waals surface area contributed by atoms with Gasteiger partial charge in [0.2, 0.25) is 0 Å². The topological polar surface area (TPSA) is 38.3 Å². The molecular weight excluding hydrogens is 306 g/mol. The maximum absolute atomic E-state index is 11.7. The van der Waals surface area contributed by atoms with Gasteiger partial charge in [-0.1, -0.05) is 13.8 Å². The van der Waals surface area contributed by atoms with Crippen molar-refractivity contribution in [2.75, 3.05) is 12.3 Å². The molecule has 0 radical (unpaired) electrons. The van der Waals surface area contributed by atoms with Crippen LogP contribution >= 0.6 is 11.8 Å². The van der Waals surface area contributed by atoms with E-state index in [2.05, 4.69) is 30.9 Å². The van der Waals surface area contributed by atoms with Gasteiger partial charge in [-0.25, -0.2) is 4.79 Å². The molecule has 4 rings (SSSR count). The van der Waals surface area contributed by atoms with Gasteiger partial charge in [-0.05, 0) is 76.0 Å². The number of alkyl carbamates (subject to hydrolysis) is 1. The minimum Gasteiger partial charge on any atom is -0.444 e. The molecule has 132 valence electrons. The van der Waals surface area contributed by atoms with Crippen LogP contribution < -0.4 is 5.32 Å². The Morgan fingerprint density at radius 1 is 1.13 bits per heavy atom. The van der Waals surface area contributed by atoms with Crippen molar-refractivity contribution >= 4 is 17.9 Å². The van der Waals surface area contributed by atoms with Crippen molar-refractivity contribution in [1.29, 1.82) is 0 Å². The summed E-state index contributed by atoms with van der Waals surface area (Å²) in [6, 6.07) is 0. The second-order valence-corrected chi connectivity index (χ2v) is 11.7. The first-order valence-electron chi connectivity index (χ1n) is 9.12. The van der Waals surface area contributed by atoms with Crippen molar-refractivity contribution in [3.8, 4) is 0 Å². The van der Waals surface area contributed by atoms with Crippen LogP contribution in [0.25, 0.3) is 0 Å². The van der Waals surface area contributed by atoms with Crippen LogP contribution in [-0.4, -0.2) is 28.7 Å². The van der Waals surface area contributed by atoms with E-state index in [4.69, 9.17) is 4.74 Å². The number of amides is 1. The molecule has 3 nitrogen and oxygen atoms in total. The predicted octanol–water partition coefficient (Wildman–Crippen LogP) is 4.99. The molecule has 0 aromatic carbocycles. The van der Waals surface area contributed by atoms with Gasteiger partial charge in [0.25, 0.3) is 0 Å². The van der Waals surface area contributed by atoms with Crippen molar-refractivity contribution in [1.82, 2.24) is 5.32 Å². The summed E-state index contributed by atoms with van der Waals surface area (Å²) in [5, 5.41) is 2.91. The van der Waals surface area contributed by atoms with Gasteiger partial charge in [-0.2, -0.15) is 11.8 Å². The molecule has 4 fully saturated rings. The summed E-state index contributed by atoms with van der Waals surface area (Å²) in [6.45, 7) is 11.4. The third-order valence-electron chi connectivity index (χ3n) is 5.75. The fraction of sp³-hybridized carbons (Fsp3) is 0.947. The molecule has 2 unspecified atom stereocenters. The maximum Gasteiger partial charge on any atom is 0.407 e. The molecule has 4 heteroatoms. The Hall–Kier alpha value is -0.380. The zero-order valence-electron chi connectivity index (χ0n) is 15.5. The quantitative estimate of drug-likeness (QED) is 0.733. The van der Waals surface area contributed by atoms with E-state index in [0.717, 1.165) is 11.7 Å². The third-order valence-corrected chi connectivity index (χ3v) is 7.23. The first-order valence-corrected chi connectivity index (χ1v) is 10.1. The molecule has 0 heterocycles. The summed E-state index contributed by atoms with van der Waals surface area (Å²) in [6.07, 6.45) is 8.18. The third kappa shape index (κ3) is 4.00. The zero-order chi connectivity index (χ0) is 16.9. The van der Waals surface area contributed by atoms with Gasteiger partial charge in [-0.15, -0.1) is 0 Å². The van der Waals surface area contributed by atoms with Crippen LogP contribution in [0.1, 0.15) is 73.1 Å². The van der Waals surface area contributed by atoms with Crippen molar-refractivity contribution in [3.05, 3.63) is 0 Å². The number of rotatable bonds is 4. The van der Waals surface area contributed by atoms with Crippen LogP contribution in [0.5, 0.6) is 0 Å². The standard InChI is InChI=1S/C19H33NO2S/c1-16(2,3)22-15(21)20-6-7-23-19-10-14-8-17(4,12-19)11-18(5,9-14)13-19/h14H,6-13H2,1-5H3,(H,20,21). The smallest absolute Gasteiger partial charge is 0.407 e. The van der Waals surface area contributed by atoms with Gasteiger partial charge in [0.15, 0.2) is 0 Å². The SMILES string of the molecule is CC12CC3CC(C)(C1)CC(SCCNC(=O)OC(C)(C)C)(C3)C2. The molecule has 0 aromatic heterocycles. The molecule has 23 heavy (non-hydrogen) atoms. The zero-order valence-corrected chi connectivity index (χ0v) is 16.3. The second kappa shape index (κ2) is 5.57. The molecule has 2 atom stereocenters. The second-order valence-electron chi connectivity index (χ2n) is 10.1. The summed E-state index contributed by atoms with van der Waals surface area (Å²) in [5.74, 6) is 1.94. The molecule has 1 amide bonds. The molecule has 4 saturated carbocycles. The Labute approximate surface area is 145 Å². The highest BCUT2D eigenvalue weighted by atomic mass is 32.2. The minimum absolute atomic E-state index is 0.289. The van der Waals surface area contributed by atoms with Crippen LogP contribution in [0.3, 0.4) is 0 Å². The number of hydrogen-bond acceptors (Lipinski definition) is 3. The molecular formula is C19H33NO2S. The lowest BCUT2D eigenvalue weighted by Crippen LogP contribution is -2.57. The van der Waals surface area contributed by atoms with Gasteiger partial charge >= 0.3 is 6.09 Å². The van der Waals surface area contributed by atoms with Crippen LogP contribution in [0.4, 0.5) is 4.79 Å². The summed E-state index contributed by atoms with van der Waals surface area (Å²) in [7, 11) is 0. The van der Waals surface area contributed by atoms with E-state index in [1.54, 1.807) is 0 Å². The Balaban J connectivity index is 1.50. The average molecular weight is 340 g/mol. The summed E-state index contributed by atoms with van der Waals surface area (Å²) in [4.78, 5) is 11.7. The first-order chi connectivity index (χ1) is 10.5. The van der Waals surface area contributed by atoms with Crippen molar-refractivity contribution in [2.24, 2.45) is 16.7 Å². The predicted molar refractivity (Wildman–Crippen MR) is 96.8 cm³/mol. The average Bonchev–Trinajstić information content (AvgIpc) is 2.27. The highest BCUT2D eigenvalue weighted by Gasteiger charge is 2.60. The Morgan fingerprint density at radius 2 is 1.74 bits per heavy atom. The fourth-order valence-corrected chi connectivity index (χ4v) is 8.13. The van der Waals surface area contributed by atoms with E-state index >= 15 is 0 Å². The van der Waals surface area contributed by atoms with Crippen LogP contribution in [0.2, 0.25) is 0 Å². The molecule has 0 spiro atoms. The summed E-state index contributed by atoms with van der Waals surface area (Å²) < 4.78 is 5.78. The number of carbonyl (C=O) groups excluding carboxylic acids is 1. The highest BCUT2D eigenvalue weighted by molar-refractivity contribution is 8.00. The molecule has 1 N–H and O–H groups in total. The normalized spacial score (nSPS) is 41.9. The number of nitrogens with one attached hydrogen (secondary N) is 1. The van der Waals surface area contributed by atoms with Crippen molar-refractivity contribution in [2.45, 2.75) is 83.5 Å². The number of hydrogen-bond donors (Lipinski definition) is 1. The highest BCUT2D eigenvalue weighted by Crippen LogP contribution is 2.69. The van der Waals surface area contributed by atoms with E-state index in [9.17, 15) is 4.79 Å². The molecule has 0 saturated heterocycles. The fourth-order valence-electron chi connectivity index (χ4n) is 6.24. The maximum atomic E-state index is 11.7. The largest absolute Gasteiger partial charge is 0.444 e. The summed E-state index contributed by atoms with van der Waals surface area (Å²) >= 11 is 2.12. The van der Waals surface area contributed by atoms with E-state index in [1.807, 2.05) is 20.8 Å². The molecule has 0 aromatic rings. The lowest BCUT2D eigenvalue weighted by Gasteiger charge is -2.65. The molecule has 4 aliphatic carbocycles. The van der Waals surface area contributed by atoms with Gasteiger partial charge in [0.1, 0.15) is 5.60 Å².